The van der Waals surface area contributed by atoms with Crippen LogP contribution >= 0.6 is 0 Å². The molecule has 0 aliphatic rings. The van der Waals surface area contributed by atoms with Crippen molar-refractivity contribution in [3.63, 3.8) is 0 Å². The molecule has 1 heterocycles. The van der Waals surface area contributed by atoms with Gasteiger partial charge in [-0.3, -0.25) is 4.68 Å². The molecule has 0 atom stereocenters. The van der Waals surface area contributed by atoms with Crippen molar-refractivity contribution in [2.75, 3.05) is 13.2 Å². The Morgan fingerprint density at radius 2 is 2.54 bits per heavy atom. The average Bonchev–Trinajstić information content (AvgIpc) is 2.53. The van der Waals surface area contributed by atoms with Gasteiger partial charge in [0.15, 0.2) is 0 Å². The summed E-state index contributed by atoms with van der Waals surface area (Å²) in [5, 5.41) is 12.5. The first-order valence-electron chi connectivity index (χ1n) is 4.07. The van der Waals surface area contributed by atoms with Gasteiger partial charge in [0.05, 0.1) is 24.9 Å². The van der Waals surface area contributed by atoms with E-state index in [1.807, 2.05) is 6.92 Å². The second-order valence-corrected chi connectivity index (χ2v) is 2.49. The van der Waals surface area contributed by atoms with Gasteiger partial charge >= 0.3 is 5.97 Å². The molecule has 0 saturated carbocycles. The van der Waals surface area contributed by atoms with Crippen LogP contribution in [0.15, 0.2) is 12.4 Å². The predicted molar refractivity (Wildman–Crippen MR) is 45.7 cm³/mol. The normalized spacial score (nSPS) is 10.2. The molecule has 0 aliphatic heterocycles. The number of nitrogens with zero attached hydrogens (tertiary/aromatic N) is 2. The molecule has 0 spiro atoms. The second kappa shape index (κ2) is 4.61. The number of carboxylic acid groups (broad SMARTS) is 1. The van der Waals surface area contributed by atoms with Crippen LogP contribution < -0.4 is 0 Å². The van der Waals surface area contributed by atoms with Crippen LogP contribution in [0, 0.1) is 0 Å². The Labute approximate surface area is 75.9 Å². The number of ether oxygens (including phenoxy) is 1. The Morgan fingerprint density at radius 3 is 3.08 bits per heavy atom. The quantitative estimate of drug-likeness (QED) is 0.681. The molecule has 0 fully saturated rings. The van der Waals surface area contributed by atoms with Gasteiger partial charge in [0.1, 0.15) is 0 Å². The molecule has 0 bridgehead atoms. The molecule has 5 nitrogen and oxygen atoms in total. The van der Waals surface area contributed by atoms with Crippen molar-refractivity contribution in [2.24, 2.45) is 0 Å². The van der Waals surface area contributed by atoms with Crippen molar-refractivity contribution in [2.45, 2.75) is 13.5 Å². The molecule has 1 aromatic rings. The van der Waals surface area contributed by atoms with E-state index in [1.165, 1.54) is 12.4 Å². The van der Waals surface area contributed by atoms with Gasteiger partial charge in [-0.1, -0.05) is 0 Å². The lowest BCUT2D eigenvalue weighted by molar-refractivity contribution is 0.0696. The first-order chi connectivity index (χ1) is 6.24. The predicted octanol–water partition coefficient (Wildman–Crippen LogP) is 0.618. The largest absolute Gasteiger partial charge is 0.478 e. The van der Waals surface area contributed by atoms with Crippen LogP contribution in [0.5, 0.6) is 0 Å². The molecule has 0 aliphatic carbocycles. The average molecular weight is 184 g/mol. The second-order valence-electron chi connectivity index (χ2n) is 2.49. The summed E-state index contributed by atoms with van der Waals surface area (Å²) >= 11 is 0. The van der Waals surface area contributed by atoms with Crippen molar-refractivity contribution in [1.82, 2.24) is 9.78 Å². The van der Waals surface area contributed by atoms with Gasteiger partial charge in [-0.25, -0.2) is 4.79 Å². The van der Waals surface area contributed by atoms with E-state index in [2.05, 4.69) is 5.10 Å². The molecule has 1 aromatic heterocycles. The molecule has 0 unspecified atom stereocenters. The maximum atomic E-state index is 10.5. The number of aromatic nitrogens is 2. The topological polar surface area (TPSA) is 64.3 Å². The molecular formula is C8H12N2O3. The third-order valence-electron chi connectivity index (χ3n) is 1.55. The smallest absolute Gasteiger partial charge is 0.338 e. The first kappa shape index (κ1) is 9.73. The van der Waals surface area contributed by atoms with Gasteiger partial charge in [-0.2, -0.15) is 5.10 Å². The summed E-state index contributed by atoms with van der Waals surface area (Å²) in [5.74, 6) is -0.956. The Morgan fingerprint density at radius 1 is 1.77 bits per heavy atom. The number of carbonyl (C=O) groups is 1. The fraction of sp³-hybridized carbons (Fsp3) is 0.500. The van der Waals surface area contributed by atoms with Gasteiger partial charge < -0.3 is 9.84 Å². The van der Waals surface area contributed by atoms with Gasteiger partial charge in [0, 0.05) is 12.8 Å². The molecule has 13 heavy (non-hydrogen) atoms. The third kappa shape index (κ3) is 2.87. The molecule has 5 heteroatoms. The number of hydrogen-bond donors (Lipinski definition) is 1. The third-order valence-corrected chi connectivity index (χ3v) is 1.55. The minimum atomic E-state index is -0.956. The maximum Gasteiger partial charge on any atom is 0.338 e. The molecular weight excluding hydrogens is 172 g/mol. The highest BCUT2D eigenvalue weighted by atomic mass is 16.5. The van der Waals surface area contributed by atoms with Crippen LogP contribution in [0.1, 0.15) is 17.3 Å². The molecule has 0 amide bonds. The van der Waals surface area contributed by atoms with E-state index < -0.39 is 5.97 Å². The summed E-state index contributed by atoms with van der Waals surface area (Å²) in [7, 11) is 0. The van der Waals surface area contributed by atoms with Gasteiger partial charge in [0.2, 0.25) is 0 Å². The van der Waals surface area contributed by atoms with E-state index >= 15 is 0 Å². The minimum Gasteiger partial charge on any atom is -0.478 e. The highest BCUT2D eigenvalue weighted by molar-refractivity contribution is 5.86. The zero-order chi connectivity index (χ0) is 9.68. The Bertz CT molecular complexity index is 283. The number of hydrogen-bond acceptors (Lipinski definition) is 3. The Balaban J connectivity index is 2.44. The maximum absolute atomic E-state index is 10.5. The monoisotopic (exact) mass is 184 g/mol. The molecule has 0 saturated heterocycles. The standard InChI is InChI=1S/C8H12N2O3/c1-2-13-4-3-10-6-7(5-9-10)8(11)12/h5-6H,2-4H2,1H3,(H,11,12). The van der Waals surface area contributed by atoms with Crippen molar-refractivity contribution < 1.29 is 14.6 Å². The molecule has 72 valence electrons. The van der Waals surface area contributed by atoms with Crippen molar-refractivity contribution in [1.29, 1.82) is 0 Å². The van der Waals surface area contributed by atoms with E-state index in [4.69, 9.17) is 9.84 Å². The lowest BCUT2D eigenvalue weighted by Crippen LogP contribution is -2.06. The Kier molecular flexibility index (Phi) is 3.45. The van der Waals surface area contributed by atoms with Crippen LogP contribution in [0.2, 0.25) is 0 Å². The molecule has 0 radical (unpaired) electrons. The molecule has 0 aromatic carbocycles. The van der Waals surface area contributed by atoms with E-state index in [0.29, 0.717) is 19.8 Å². The van der Waals surface area contributed by atoms with Crippen LogP contribution in [0.25, 0.3) is 0 Å². The summed E-state index contributed by atoms with van der Waals surface area (Å²) < 4.78 is 6.65. The number of aromatic carboxylic acids is 1. The first-order valence-corrected chi connectivity index (χ1v) is 4.07. The Hall–Kier alpha value is -1.36. The van der Waals surface area contributed by atoms with Gasteiger partial charge in [-0.05, 0) is 6.92 Å². The van der Waals surface area contributed by atoms with Crippen LogP contribution in [0.3, 0.4) is 0 Å². The number of rotatable bonds is 5. The highest BCUT2D eigenvalue weighted by Gasteiger charge is 2.04. The summed E-state index contributed by atoms with van der Waals surface area (Å²) in [4.78, 5) is 10.5. The lowest BCUT2D eigenvalue weighted by atomic mass is 10.4. The lowest BCUT2D eigenvalue weighted by Gasteiger charge is -2.00. The van der Waals surface area contributed by atoms with E-state index in [9.17, 15) is 4.79 Å². The summed E-state index contributed by atoms with van der Waals surface area (Å²) in [6.45, 7) is 3.71. The summed E-state index contributed by atoms with van der Waals surface area (Å²) in [5.41, 5.74) is 0.205. The van der Waals surface area contributed by atoms with Gasteiger partial charge in [-0.15, -0.1) is 0 Å². The van der Waals surface area contributed by atoms with Crippen molar-refractivity contribution >= 4 is 5.97 Å². The van der Waals surface area contributed by atoms with Crippen molar-refractivity contribution in [3.8, 4) is 0 Å². The molecule has 1 rings (SSSR count). The molecule has 1 N–H and O–H groups in total. The van der Waals surface area contributed by atoms with Crippen LogP contribution in [-0.4, -0.2) is 34.1 Å². The van der Waals surface area contributed by atoms with Crippen LogP contribution in [0.4, 0.5) is 0 Å². The SMILES string of the molecule is CCOCCn1cc(C(=O)O)cn1. The summed E-state index contributed by atoms with van der Waals surface area (Å²) in [6, 6.07) is 0. The summed E-state index contributed by atoms with van der Waals surface area (Å²) in [6.07, 6.45) is 2.82. The zero-order valence-electron chi connectivity index (χ0n) is 7.43. The number of carboxylic acids is 1. The highest BCUT2D eigenvalue weighted by Crippen LogP contribution is 1.96. The van der Waals surface area contributed by atoms with E-state index in [-0.39, 0.29) is 5.56 Å². The fourth-order valence-corrected chi connectivity index (χ4v) is 0.899. The zero-order valence-corrected chi connectivity index (χ0v) is 7.43. The minimum absolute atomic E-state index is 0.205. The van der Waals surface area contributed by atoms with Gasteiger partial charge in [0.25, 0.3) is 0 Å². The van der Waals surface area contributed by atoms with Crippen LogP contribution in [-0.2, 0) is 11.3 Å². The van der Waals surface area contributed by atoms with Crippen molar-refractivity contribution in [3.05, 3.63) is 18.0 Å². The van der Waals surface area contributed by atoms with E-state index in [0.717, 1.165) is 0 Å². The fourth-order valence-electron chi connectivity index (χ4n) is 0.899. The van der Waals surface area contributed by atoms with E-state index in [1.54, 1.807) is 4.68 Å².